The number of amides is 1. The molecule has 0 unspecified atom stereocenters. The van der Waals surface area contributed by atoms with E-state index in [1.807, 2.05) is 13.8 Å². The van der Waals surface area contributed by atoms with E-state index < -0.39 is 16.4 Å². The number of hydrogen-bond donors (Lipinski definition) is 2. The molecule has 0 saturated carbocycles. The fourth-order valence-corrected chi connectivity index (χ4v) is 2.04. The number of nitro benzene ring substituents is 1. The van der Waals surface area contributed by atoms with Gasteiger partial charge < -0.3 is 10.4 Å². The summed E-state index contributed by atoms with van der Waals surface area (Å²) >= 11 is 0. The molecule has 0 bridgehead atoms. The minimum atomic E-state index is -0.869. The molecule has 1 amide bonds. The summed E-state index contributed by atoms with van der Waals surface area (Å²) in [6.45, 7) is 3.62. The largest absolute Gasteiger partial charge is 0.481 e. The van der Waals surface area contributed by atoms with Crippen LogP contribution >= 0.6 is 0 Å². The molecule has 0 aromatic heterocycles. The Morgan fingerprint density at radius 2 is 1.73 bits per heavy atom. The van der Waals surface area contributed by atoms with Crippen LogP contribution in [-0.4, -0.2) is 21.9 Å². The van der Waals surface area contributed by atoms with Gasteiger partial charge in [0.2, 0.25) is 5.91 Å². The third-order valence-corrected chi connectivity index (χ3v) is 3.30. The van der Waals surface area contributed by atoms with Crippen molar-refractivity contribution in [3.63, 3.8) is 0 Å². The molecular weight excluding hydrogens is 288 g/mol. The molecule has 1 rings (SSSR count). The van der Waals surface area contributed by atoms with Crippen molar-refractivity contribution in [2.45, 2.75) is 45.1 Å². The third kappa shape index (κ3) is 5.51. The standard InChI is InChI=1S/C15H20N2O5/c1-15(2,11-7-9-12(10-8-11)17(21)22)16-13(18)5-3-4-6-14(19)20/h7-10H,3-6H2,1-2H3,(H,16,18)(H,19,20). The number of non-ortho nitro benzene ring substituents is 1. The van der Waals surface area contributed by atoms with E-state index in [-0.39, 0.29) is 24.4 Å². The summed E-state index contributed by atoms with van der Waals surface area (Å²) < 4.78 is 0. The number of nitrogens with one attached hydrogen (secondary N) is 1. The molecule has 7 heteroatoms. The van der Waals surface area contributed by atoms with Crippen molar-refractivity contribution < 1.29 is 19.6 Å². The summed E-state index contributed by atoms with van der Waals surface area (Å²) in [5.74, 6) is -1.04. The Morgan fingerprint density at radius 3 is 2.23 bits per heavy atom. The highest BCUT2D eigenvalue weighted by Crippen LogP contribution is 2.23. The molecule has 0 aliphatic rings. The third-order valence-electron chi connectivity index (χ3n) is 3.30. The number of carboxylic acids is 1. The highest BCUT2D eigenvalue weighted by molar-refractivity contribution is 5.77. The van der Waals surface area contributed by atoms with Crippen LogP contribution in [0.1, 0.15) is 45.1 Å². The van der Waals surface area contributed by atoms with Crippen molar-refractivity contribution in [1.29, 1.82) is 0 Å². The number of carbonyl (C=O) groups excluding carboxylic acids is 1. The molecule has 2 N–H and O–H groups in total. The van der Waals surface area contributed by atoms with Crippen molar-refractivity contribution in [2.75, 3.05) is 0 Å². The SMILES string of the molecule is CC(C)(NC(=O)CCCCC(=O)O)c1ccc([N+](=O)[O-])cc1. The second-order valence-electron chi connectivity index (χ2n) is 5.58. The van der Waals surface area contributed by atoms with Crippen LogP contribution in [0.2, 0.25) is 0 Å². The highest BCUT2D eigenvalue weighted by atomic mass is 16.6. The molecule has 0 heterocycles. The van der Waals surface area contributed by atoms with Crippen molar-refractivity contribution in [2.24, 2.45) is 0 Å². The van der Waals surface area contributed by atoms with Gasteiger partial charge >= 0.3 is 5.97 Å². The van der Waals surface area contributed by atoms with Crippen LogP contribution in [0.15, 0.2) is 24.3 Å². The summed E-state index contributed by atoms with van der Waals surface area (Å²) in [7, 11) is 0. The minimum absolute atomic E-state index is 0.000419. The average Bonchev–Trinajstić information content (AvgIpc) is 2.43. The molecule has 7 nitrogen and oxygen atoms in total. The van der Waals surface area contributed by atoms with E-state index in [0.29, 0.717) is 12.8 Å². The van der Waals surface area contributed by atoms with Gasteiger partial charge in [0, 0.05) is 25.0 Å². The van der Waals surface area contributed by atoms with Gasteiger partial charge in [-0.05, 0) is 44.4 Å². The van der Waals surface area contributed by atoms with Crippen molar-refractivity contribution in [3.8, 4) is 0 Å². The van der Waals surface area contributed by atoms with Crippen molar-refractivity contribution >= 4 is 17.6 Å². The molecule has 0 saturated heterocycles. The monoisotopic (exact) mass is 308 g/mol. The normalized spacial score (nSPS) is 11.0. The highest BCUT2D eigenvalue weighted by Gasteiger charge is 2.23. The van der Waals surface area contributed by atoms with E-state index in [4.69, 9.17) is 5.11 Å². The Hall–Kier alpha value is -2.44. The molecule has 0 atom stereocenters. The molecule has 1 aromatic rings. The van der Waals surface area contributed by atoms with E-state index in [2.05, 4.69) is 5.32 Å². The molecule has 0 spiro atoms. The first-order valence-corrected chi connectivity index (χ1v) is 7.00. The van der Waals surface area contributed by atoms with E-state index in [1.54, 1.807) is 12.1 Å². The van der Waals surface area contributed by atoms with E-state index in [0.717, 1.165) is 5.56 Å². The molecular formula is C15H20N2O5. The maximum Gasteiger partial charge on any atom is 0.303 e. The number of hydrogen-bond acceptors (Lipinski definition) is 4. The molecule has 22 heavy (non-hydrogen) atoms. The van der Waals surface area contributed by atoms with Gasteiger partial charge in [-0.2, -0.15) is 0 Å². The number of aliphatic carboxylic acids is 1. The summed E-state index contributed by atoms with van der Waals surface area (Å²) in [5, 5.41) is 22.0. The van der Waals surface area contributed by atoms with Crippen LogP contribution < -0.4 is 5.32 Å². The first-order chi connectivity index (χ1) is 10.2. The zero-order valence-electron chi connectivity index (χ0n) is 12.7. The lowest BCUT2D eigenvalue weighted by molar-refractivity contribution is -0.384. The fraction of sp³-hybridized carbons (Fsp3) is 0.467. The van der Waals surface area contributed by atoms with Crippen molar-refractivity contribution in [3.05, 3.63) is 39.9 Å². The number of rotatable bonds is 8. The van der Waals surface area contributed by atoms with Crippen molar-refractivity contribution in [1.82, 2.24) is 5.32 Å². The Kier molecular flexibility index (Phi) is 6.03. The van der Waals surface area contributed by atoms with Gasteiger partial charge in [-0.15, -0.1) is 0 Å². The van der Waals surface area contributed by atoms with Gasteiger partial charge in [0.05, 0.1) is 10.5 Å². The number of unbranched alkanes of at least 4 members (excludes halogenated alkanes) is 1. The quantitative estimate of drug-likeness (QED) is 0.436. The second kappa shape index (κ2) is 7.53. The van der Waals surface area contributed by atoms with Crippen LogP contribution in [0.5, 0.6) is 0 Å². The number of carbonyl (C=O) groups is 2. The lowest BCUT2D eigenvalue weighted by Crippen LogP contribution is -2.40. The lowest BCUT2D eigenvalue weighted by atomic mass is 9.93. The molecule has 0 aliphatic heterocycles. The van der Waals surface area contributed by atoms with E-state index in [1.165, 1.54) is 12.1 Å². The van der Waals surface area contributed by atoms with Gasteiger partial charge in [-0.25, -0.2) is 0 Å². The maximum atomic E-state index is 11.9. The first kappa shape index (κ1) is 17.6. The van der Waals surface area contributed by atoms with Crippen LogP contribution in [0, 0.1) is 10.1 Å². The summed E-state index contributed by atoms with van der Waals surface area (Å²) in [5.41, 5.74) is 0.107. The fourth-order valence-electron chi connectivity index (χ4n) is 2.04. The topological polar surface area (TPSA) is 110 Å². The average molecular weight is 308 g/mol. The maximum absolute atomic E-state index is 11.9. The predicted octanol–water partition coefficient (Wildman–Crippen LogP) is 2.59. The number of nitrogens with zero attached hydrogens (tertiary/aromatic N) is 1. The lowest BCUT2D eigenvalue weighted by Gasteiger charge is -2.27. The first-order valence-electron chi connectivity index (χ1n) is 7.00. The van der Waals surface area contributed by atoms with Gasteiger partial charge in [-0.1, -0.05) is 0 Å². The van der Waals surface area contributed by atoms with Gasteiger partial charge in [0.15, 0.2) is 0 Å². The van der Waals surface area contributed by atoms with Crippen LogP contribution in [0.3, 0.4) is 0 Å². The minimum Gasteiger partial charge on any atom is -0.481 e. The Balaban J connectivity index is 2.56. The van der Waals surface area contributed by atoms with E-state index >= 15 is 0 Å². The number of benzene rings is 1. The smallest absolute Gasteiger partial charge is 0.303 e. The molecule has 0 aliphatic carbocycles. The van der Waals surface area contributed by atoms with Gasteiger partial charge in [0.1, 0.15) is 0 Å². The van der Waals surface area contributed by atoms with Crippen LogP contribution in [0.25, 0.3) is 0 Å². The molecule has 0 fully saturated rings. The Morgan fingerprint density at radius 1 is 1.18 bits per heavy atom. The van der Waals surface area contributed by atoms with E-state index in [9.17, 15) is 19.7 Å². The molecule has 120 valence electrons. The predicted molar refractivity (Wildman–Crippen MR) is 80.4 cm³/mol. The second-order valence-corrected chi connectivity index (χ2v) is 5.58. The summed E-state index contributed by atoms with van der Waals surface area (Å²) in [4.78, 5) is 32.4. The summed E-state index contributed by atoms with van der Waals surface area (Å²) in [6.07, 6.45) is 1.28. The summed E-state index contributed by atoms with van der Waals surface area (Å²) in [6, 6.07) is 6.03. The zero-order chi connectivity index (χ0) is 16.8. The Labute approximate surface area is 128 Å². The Bertz CT molecular complexity index is 552. The molecule has 0 radical (unpaired) electrons. The zero-order valence-corrected chi connectivity index (χ0v) is 12.7. The number of carboxylic acid groups (broad SMARTS) is 1. The number of nitro groups is 1. The van der Waals surface area contributed by atoms with Gasteiger partial charge in [-0.3, -0.25) is 19.7 Å². The molecule has 1 aromatic carbocycles. The van der Waals surface area contributed by atoms with Gasteiger partial charge in [0.25, 0.3) is 5.69 Å². The van der Waals surface area contributed by atoms with Crippen LogP contribution in [-0.2, 0) is 15.1 Å². The van der Waals surface area contributed by atoms with Crippen LogP contribution in [0.4, 0.5) is 5.69 Å².